The van der Waals surface area contributed by atoms with Gasteiger partial charge in [-0.15, -0.1) is 11.8 Å². The molecule has 1 N–H and O–H groups in total. The van der Waals surface area contributed by atoms with Gasteiger partial charge in [-0.1, -0.05) is 19.1 Å². The number of nitrogens with zero attached hydrogens (tertiary/aromatic N) is 3. The summed E-state index contributed by atoms with van der Waals surface area (Å²) in [6.45, 7) is 2.99. The second kappa shape index (κ2) is 7.09. The van der Waals surface area contributed by atoms with E-state index in [1.54, 1.807) is 18.1 Å². The van der Waals surface area contributed by atoms with Crippen LogP contribution < -0.4 is 0 Å². The van der Waals surface area contributed by atoms with Gasteiger partial charge in [0, 0.05) is 11.4 Å². The van der Waals surface area contributed by atoms with Crippen molar-refractivity contribution in [1.82, 2.24) is 14.8 Å². The molecular weight excluding hydrogens is 274 g/mol. The summed E-state index contributed by atoms with van der Waals surface area (Å²) in [6, 6.07) is 7.60. The molecule has 0 atom stereocenters. The van der Waals surface area contributed by atoms with Crippen molar-refractivity contribution >= 4 is 17.7 Å². The molecule has 2 aromatic rings. The number of carboxylic acids is 1. The summed E-state index contributed by atoms with van der Waals surface area (Å²) in [5.41, 5.74) is 0.816. The number of aryl methyl sites for hydroxylation is 1. The van der Waals surface area contributed by atoms with E-state index in [1.165, 1.54) is 0 Å². The van der Waals surface area contributed by atoms with E-state index in [-0.39, 0.29) is 6.42 Å². The lowest BCUT2D eigenvalue weighted by atomic mass is 10.2. The normalized spacial score (nSPS) is 10.7. The van der Waals surface area contributed by atoms with Crippen LogP contribution in [0.2, 0.25) is 0 Å². The minimum atomic E-state index is -0.807. The van der Waals surface area contributed by atoms with Crippen molar-refractivity contribution in [3.05, 3.63) is 42.0 Å². The first-order valence-corrected chi connectivity index (χ1v) is 7.48. The number of aromatic nitrogens is 3. The Bertz CT molecular complexity index is 566. The fourth-order valence-electron chi connectivity index (χ4n) is 1.82. The summed E-state index contributed by atoms with van der Waals surface area (Å²) >= 11 is 1.67. The summed E-state index contributed by atoms with van der Waals surface area (Å²) in [7, 11) is 0. The molecule has 0 aliphatic heterocycles. The predicted octanol–water partition coefficient (Wildman–Crippen LogP) is 2.61. The van der Waals surface area contributed by atoms with E-state index in [0.29, 0.717) is 0 Å². The molecule has 0 unspecified atom stereocenters. The lowest BCUT2D eigenvalue weighted by Crippen LogP contribution is -2.04. The van der Waals surface area contributed by atoms with Crippen molar-refractivity contribution in [3.63, 3.8) is 0 Å². The molecule has 2 rings (SSSR count). The van der Waals surface area contributed by atoms with Crippen molar-refractivity contribution in [3.8, 4) is 0 Å². The summed E-state index contributed by atoms with van der Waals surface area (Å²) in [5, 5.41) is 12.9. The summed E-state index contributed by atoms with van der Waals surface area (Å²) in [4.78, 5) is 16.0. The van der Waals surface area contributed by atoms with E-state index in [2.05, 4.69) is 17.0 Å². The maximum Gasteiger partial charge on any atom is 0.307 e. The van der Waals surface area contributed by atoms with Crippen LogP contribution in [0.15, 0.2) is 35.5 Å². The predicted molar refractivity (Wildman–Crippen MR) is 77.7 cm³/mol. The zero-order valence-electron chi connectivity index (χ0n) is 11.3. The molecule has 0 radical (unpaired) electrons. The molecule has 0 aliphatic carbocycles. The average Bonchev–Trinajstić information content (AvgIpc) is 2.85. The van der Waals surface area contributed by atoms with Gasteiger partial charge in [0.1, 0.15) is 12.2 Å². The highest BCUT2D eigenvalue weighted by atomic mass is 32.2. The molecule has 0 aliphatic rings. The first-order chi connectivity index (χ1) is 9.69. The molecule has 5 nitrogen and oxygen atoms in total. The number of aliphatic carboxylic acids is 1. The first-order valence-electron chi connectivity index (χ1n) is 6.49. The van der Waals surface area contributed by atoms with Gasteiger partial charge < -0.3 is 5.11 Å². The molecule has 0 saturated heterocycles. The molecule has 0 saturated carbocycles. The van der Waals surface area contributed by atoms with Crippen LogP contribution in [-0.2, 0) is 23.5 Å². The number of carbonyl (C=O) groups is 1. The minimum Gasteiger partial charge on any atom is -0.481 e. The van der Waals surface area contributed by atoms with Crippen LogP contribution in [0.3, 0.4) is 0 Å². The van der Waals surface area contributed by atoms with Crippen molar-refractivity contribution in [1.29, 1.82) is 0 Å². The third-order valence-corrected chi connectivity index (χ3v) is 3.79. The fourth-order valence-corrected chi connectivity index (χ4v) is 2.67. The number of thioether (sulfide) groups is 1. The molecule has 6 heteroatoms. The number of benzene rings is 1. The van der Waals surface area contributed by atoms with Gasteiger partial charge in [0.25, 0.3) is 0 Å². The topological polar surface area (TPSA) is 68.0 Å². The van der Waals surface area contributed by atoms with Crippen LogP contribution in [0.4, 0.5) is 0 Å². The highest BCUT2D eigenvalue weighted by Gasteiger charge is 2.05. The molecule has 1 aromatic heterocycles. The quantitative estimate of drug-likeness (QED) is 0.794. The van der Waals surface area contributed by atoms with Crippen molar-refractivity contribution < 1.29 is 9.90 Å². The Morgan fingerprint density at radius 3 is 2.75 bits per heavy atom. The lowest BCUT2D eigenvalue weighted by Gasteiger charge is -2.05. The van der Waals surface area contributed by atoms with Crippen LogP contribution in [0.5, 0.6) is 0 Å². The van der Waals surface area contributed by atoms with E-state index < -0.39 is 5.97 Å². The van der Waals surface area contributed by atoms with E-state index in [9.17, 15) is 4.79 Å². The lowest BCUT2D eigenvalue weighted by molar-refractivity contribution is -0.136. The standard InChI is InChI=1S/C14H17N3O2S/c1-2-7-17-13(15-10-16-17)9-20-12-5-3-11(4-6-12)8-14(18)19/h3-6,10H,2,7-9H2,1H3,(H,18,19). The number of rotatable bonds is 7. The Morgan fingerprint density at radius 2 is 2.10 bits per heavy atom. The summed E-state index contributed by atoms with van der Waals surface area (Å²) in [5.74, 6) is 0.919. The molecule has 1 aromatic carbocycles. The van der Waals surface area contributed by atoms with Crippen LogP contribution in [0.25, 0.3) is 0 Å². The van der Waals surface area contributed by atoms with Crippen LogP contribution in [0, 0.1) is 0 Å². The van der Waals surface area contributed by atoms with Gasteiger partial charge in [-0.25, -0.2) is 9.67 Å². The van der Waals surface area contributed by atoms with E-state index in [1.807, 2.05) is 28.9 Å². The Morgan fingerprint density at radius 1 is 1.35 bits per heavy atom. The SMILES string of the molecule is CCCn1ncnc1CSc1ccc(CC(=O)O)cc1. The zero-order chi connectivity index (χ0) is 14.4. The monoisotopic (exact) mass is 291 g/mol. The Hall–Kier alpha value is -1.82. The highest BCUT2D eigenvalue weighted by molar-refractivity contribution is 7.98. The molecule has 0 spiro atoms. The molecule has 0 fully saturated rings. The average molecular weight is 291 g/mol. The molecule has 0 bridgehead atoms. The third kappa shape index (κ3) is 4.09. The van der Waals surface area contributed by atoms with Crippen LogP contribution in [-0.4, -0.2) is 25.8 Å². The van der Waals surface area contributed by atoms with Gasteiger partial charge in [0.2, 0.25) is 0 Å². The molecular formula is C14H17N3O2S. The minimum absolute atomic E-state index is 0.0653. The van der Waals surface area contributed by atoms with Gasteiger partial charge in [-0.3, -0.25) is 4.79 Å². The van der Waals surface area contributed by atoms with Crippen molar-refractivity contribution in [2.45, 2.75) is 37.0 Å². The Balaban J connectivity index is 1.93. The molecule has 106 valence electrons. The second-order valence-electron chi connectivity index (χ2n) is 4.40. The maximum atomic E-state index is 10.6. The van der Waals surface area contributed by atoms with Crippen molar-refractivity contribution in [2.75, 3.05) is 0 Å². The molecule has 0 amide bonds. The smallest absolute Gasteiger partial charge is 0.307 e. The third-order valence-electron chi connectivity index (χ3n) is 2.78. The summed E-state index contributed by atoms with van der Waals surface area (Å²) < 4.78 is 1.92. The Labute approximate surface area is 122 Å². The second-order valence-corrected chi connectivity index (χ2v) is 5.45. The number of carboxylic acid groups (broad SMARTS) is 1. The van der Waals surface area contributed by atoms with E-state index in [0.717, 1.165) is 35.0 Å². The maximum absolute atomic E-state index is 10.6. The van der Waals surface area contributed by atoms with Gasteiger partial charge >= 0.3 is 5.97 Å². The van der Waals surface area contributed by atoms with E-state index >= 15 is 0 Å². The molecule has 1 heterocycles. The van der Waals surface area contributed by atoms with Gasteiger partial charge in [-0.05, 0) is 24.1 Å². The van der Waals surface area contributed by atoms with Gasteiger partial charge in [-0.2, -0.15) is 5.10 Å². The molecule has 20 heavy (non-hydrogen) atoms. The Kier molecular flexibility index (Phi) is 5.17. The fraction of sp³-hybridized carbons (Fsp3) is 0.357. The van der Waals surface area contributed by atoms with Crippen LogP contribution in [0.1, 0.15) is 24.7 Å². The van der Waals surface area contributed by atoms with Crippen LogP contribution >= 0.6 is 11.8 Å². The largest absolute Gasteiger partial charge is 0.481 e. The number of hydrogen-bond acceptors (Lipinski definition) is 4. The first kappa shape index (κ1) is 14.6. The number of hydrogen-bond donors (Lipinski definition) is 1. The highest BCUT2D eigenvalue weighted by Crippen LogP contribution is 2.22. The van der Waals surface area contributed by atoms with Gasteiger partial charge in [0.15, 0.2) is 0 Å². The van der Waals surface area contributed by atoms with Gasteiger partial charge in [0.05, 0.1) is 12.2 Å². The zero-order valence-corrected chi connectivity index (χ0v) is 12.1. The summed E-state index contributed by atoms with van der Waals surface area (Å²) in [6.07, 6.45) is 2.68. The van der Waals surface area contributed by atoms with E-state index in [4.69, 9.17) is 5.11 Å². The van der Waals surface area contributed by atoms with Crippen molar-refractivity contribution in [2.24, 2.45) is 0 Å².